The first-order valence-electron chi connectivity index (χ1n) is 12.7. The fraction of sp³-hybridized carbons (Fsp3) is 0.0645. The lowest BCUT2D eigenvalue weighted by Gasteiger charge is -2.40. The third-order valence-corrected chi connectivity index (χ3v) is 7.31. The molecule has 1 aromatic heterocycles. The molecule has 0 spiro atoms. The number of para-hydroxylation sites is 3. The van der Waals surface area contributed by atoms with Crippen molar-refractivity contribution in [2.24, 2.45) is 9.98 Å². The summed E-state index contributed by atoms with van der Waals surface area (Å²) in [5.74, 6) is 0.593. The lowest BCUT2D eigenvalue weighted by Crippen LogP contribution is -2.46. The van der Waals surface area contributed by atoms with E-state index in [-0.39, 0.29) is 10.8 Å². The number of aromatic nitrogens is 2. The van der Waals surface area contributed by atoms with Crippen molar-refractivity contribution in [2.45, 2.75) is 13.0 Å². The molecule has 1 N–H and O–H groups in total. The van der Waals surface area contributed by atoms with Crippen LogP contribution in [-0.4, -0.2) is 21.5 Å². The number of rotatable bonds is 3. The molecule has 5 aromatic rings. The number of anilines is 2. The zero-order chi connectivity index (χ0) is 27.4. The monoisotopic (exact) mass is 550 g/mol. The Labute approximate surface area is 233 Å². The smallest absolute Gasteiger partial charge is 0.179 e. The second kappa shape index (κ2) is 9.43. The minimum absolute atomic E-state index is 0.0199. The van der Waals surface area contributed by atoms with Gasteiger partial charge >= 0.3 is 0 Å². The van der Waals surface area contributed by atoms with Gasteiger partial charge in [-0.3, -0.25) is 0 Å². The Kier molecular flexibility index (Phi) is 5.71. The fourth-order valence-electron chi connectivity index (χ4n) is 5.25. The molecule has 6 nitrogen and oxygen atoms in total. The summed E-state index contributed by atoms with van der Waals surface area (Å²) in [7, 11) is 0. The van der Waals surface area contributed by atoms with E-state index < -0.39 is 11.9 Å². The normalized spacial score (nSPS) is 15.5. The van der Waals surface area contributed by atoms with Crippen LogP contribution < -0.4 is 10.2 Å². The summed E-state index contributed by atoms with van der Waals surface area (Å²) < 4.78 is 31.3. The average molecular weight is 551 g/mol. The highest BCUT2D eigenvalue weighted by atomic mass is 35.5. The van der Waals surface area contributed by atoms with E-state index in [0.717, 1.165) is 22.6 Å². The summed E-state index contributed by atoms with van der Waals surface area (Å²) >= 11 is 6.08. The molecule has 9 heteroatoms. The first-order valence-corrected chi connectivity index (χ1v) is 13.0. The van der Waals surface area contributed by atoms with E-state index in [9.17, 15) is 4.39 Å². The highest BCUT2D eigenvalue weighted by Gasteiger charge is 2.42. The van der Waals surface area contributed by atoms with E-state index in [1.165, 1.54) is 18.2 Å². The van der Waals surface area contributed by atoms with Crippen LogP contribution in [0.15, 0.2) is 107 Å². The standard InChI is InChI=1S/C31H21ClF2N6/c1-18-27-28(21-11-5-6-12-23(21)33)39-26-14-8-7-13-25(26)36-29(35-19-15-16-24(34)22(32)17-19)31(39)37-30(27)40(38-18)20-9-3-2-4-10-20/h2-17,28H,1H3,(H,35,36)/t28-/m0/s1. The van der Waals surface area contributed by atoms with Crippen molar-refractivity contribution in [1.82, 2.24) is 9.78 Å². The zero-order valence-electron chi connectivity index (χ0n) is 21.2. The number of amidine groups is 2. The Balaban J connectivity index is 1.50. The summed E-state index contributed by atoms with van der Waals surface area (Å²) in [6.07, 6.45) is 0. The first-order chi connectivity index (χ1) is 19.5. The van der Waals surface area contributed by atoms with Crippen LogP contribution in [0.1, 0.15) is 22.9 Å². The summed E-state index contributed by atoms with van der Waals surface area (Å²) in [4.78, 5) is 12.0. The summed E-state index contributed by atoms with van der Waals surface area (Å²) in [5.41, 5.74) is 4.81. The van der Waals surface area contributed by atoms with Gasteiger partial charge in [0.2, 0.25) is 0 Å². The number of aliphatic imine (C=N–C) groups is 2. The number of hydrogen-bond donors (Lipinski definition) is 1. The van der Waals surface area contributed by atoms with Gasteiger partial charge in [-0.05, 0) is 55.5 Å². The summed E-state index contributed by atoms with van der Waals surface area (Å²) in [5, 5.41) is 8.11. The van der Waals surface area contributed by atoms with Gasteiger partial charge in [-0.2, -0.15) is 5.10 Å². The van der Waals surface area contributed by atoms with Crippen molar-refractivity contribution in [3.05, 3.63) is 131 Å². The maximum absolute atomic E-state index is 15.6. The van der Waals surface area contributed by atoms with E-state index in [4.69, 9.17) is 26.7 Å². The van der Waals surface area contributed by atoms with E-state index >= 15 is 4.39 Å². The van der Waals surface area contributed by atoms with Crippen LogP contribution >= 0.6 is 11.6 Å². The van der Waals surface area contributed by atoms with Crippen LogP contribution in [0, 0.1) is 18.6 Å². The predicted molar refractivity (Wildman–Crippen MR) is 155 cm³/mol. The molecule has 1 atom stereocenters. The van der Waals surface area contributed by atoms with Gasteiger partial charge in [0.05, 0.1) is 33.8 Å². The van der Waals surface area contributed by atoms with Crippen molar-refractivity contribution in [2.75, 3.05) is 10.2 Å². The number of hydrogen-bond acceptors (Lipinski definition) is 5. The molecular formula is C31H21ClF2N6. The lowest BCUT2D eigenvalue weighted by molar-refractivity contribution is 0.597. The Hall–Kier alpha value is -4.82. The first kappa shape index (κ1) is 24.2. The molecule has 0 amide bonds. The molecule has 0 aliphatic carbocycles. The van der Waals surface area contributed by atoms with Crippen molar-refractivity contribution < 1.29 is 8.78 Å². The Morgan fingerprint density at radius 1 is 0.825 bits per heavy atom. The molecule has 0 saturated carbocycles. The lowest BCUT2D eigenvalue weighted by atomic mass is 9.93. The molecule has 7 rings (SSSR count). The van der Waals surface area contributed by atoms with Gasteiger partial charge in [0.25, 0.3) is 0 Å². The third-order valence-electron chi connectivity index (χ3n) is 7.02. The number of nitrogens with one attached hydrogen (secondary N) is 1. The van der Waals surface area contributed by atoms with Crippen molar-refractivity contribution in [1.29, 1.82) is 0 Å². The van der Waals surface area contributed by atoms with Crippen LogP contribution in [0.3, 0.4) is 0 Å². The Bertz CT molecular complexity index is 1850. The zero-order valence-corrected chi connectivity index (χ0v) is 21.9. The van der Waals surface area contributed by atoms with Crippen LogP contribution in [0.2, 0.25) is 5.02 Å². The van der Waals surface area contributed by atoms with Gasteiger partial charge in [0.15, 0.2) is 17.5 Å². The second-order valence-corrected chi connectivity index (χ2v) is 9.91. The minimum Gasteiger partial charge on any atom is -0.337 e. The van der Waals surface area contributed by atoms with E-state index in [2.05, 4.69) is 5.32 Å². The highest BCUT2D eigenvalue weighted by molar-refractivity contribution is 6.51. The number of benzene rings is 4. The third kappa shape index (κ3) is 3.87. The number of nitrogens with zero attached hydrogens (tertiary/aromatic N) is 5. The molecular weight excluding hydrogens is 530 g/mol. The number of halogens is 3. The van der Waals surface area contributed by atoms with Gasteiger partial charge < -0.3 is 10.2 Å². The van der Waals surface area contributed by atoms with Crippen LogP contribution in [-0.2, 0) is 0 Å². The van der Waals surface area contributed by atoms with Gasteiger partial charge in [-0.15, -0.1) is 0 Å². The molecule has 0 fully saturated rings. The van der Waals surface area contributed by atoms with Crippen molar-refractivity contribution in [3.8, 4) is 5.69 Å². The molecule has 196 valence electrons. The molecule has 0 bridgehead atoms. The predicted octanol–water partition coefficient (Wildman–Crippen LogP) is 7.91. The fourth-order valence-corrected chi connectivity index (χ4v) is 5.43. The van der Waals surface area contributed by atoms with Gasteiger partial charge in [0, 0.05) is 16.8 Å². The van der Waals surface area contributed by atoms with Crippen LogP contribution in [0.4, 0.5) is 31.7 Å². The van der Waals surface area contributed by atoms with Gasteiger partial charge in [0.1, 0.15) is 11.6 Å². The molecule has 0 radical (unpaired) electrons. The van der Waals surface area contributed by atoms with E-state index in [0.29, 0.717) is 34.4 Å². The molecule has 40 heavy (non-hydrogen) atoms. The molecule has 2 aliphatic heterocycles. The van der Waals surface area contributed by atoms with E-state index in [1.807, 2.05) is 72.5 Å². The highest BCUT2D eigenvalue weighted by Crippen LogP contribution is 2.48. The SMILES string of the molecule is Cc1nn(-c2ccccc2)c2c1[C@H](c1ccccc1F)N1C(=N2)C(Nc2ccc(F)c(Cl)c2)=Nc2ccccc21. The molecule has 0 saturated heterocycles. The maximum atomic E-state index is 15.6. The van der Waals surface area contributed by atoms with Crippen LogP contribution in [0.5, 0.6) is 0 Å². The summed E-state index contributed by atoms with van der Waals surface area (Å²) in [6.45, 7) is 1.91. The van der Waals surface area contributed by atoms with Crippen LogP contribution in [0.25, 0.3) is 5.69 Å². The number of aryl methyl sites for hydroxylation is 1. The number of fused-ring (bicyclic) bond motifs is 4. The Morgan fingerprint density at radius 3 is 2.38 bits per heavy atom. The topological polar surface area (TPSA) is 57.8 Å². The quantitative estimate of drug-likeness (QED) is 0.248. The van der Waals surface area contributed by atoms with Gasteiger partial charge in [-0.1, -0.05) is 60.1 Å². The van der Waals surface area contributed by atoms with Crippen molar-refractivity contribution >= 4 is 46.2 Å². The van der Waals surface area contributed by atoms with Crippen molar-refractivity contribution in [3.63, 3.8) is 0 Å². The maximum Gasteiger partial charge on any atom is 0.179 e. The van der Waals surface area contributed by atoms with E-state index in [1.54, 1.807) is 22.9 Å². The van der Waals surface area contributed by atoms with Gasteiger partial charge in [-0.25, -0.2) is 23.4 Å². The molecule has 0 unspecified atom stereocenters. The average Bonchev–Trinajstić information content (AvgIpc) is 3.31. The second-order valence-electron chi connectivity index (χ2n) is 9.50. The minimum atomic E-state index is -0.591. The Morgan fingerprint density at radius 2 is 1.57 bits per heavy atom. The summed E-state index contributed by atoms with van der Waals surface area (Å²) in [6, 6.07) is 27.8. The molecule has 2 aliphatic rings. The molecule has 4 aromatic carbocycles. The molecule has 3 heterocycles. The largest absolute Gasteiger partial charge is 0.337 e.